The minimum Gasteiger partial charge on any atom is -0.482 e. The van der Waals surface area contributed by atoms with Crippen LogP contribution in [-0.2, 0) is 11.4 Å². The number of nitrogens with one attached hydrogen (secondary N) is 1. The third kappa shape index (κ3) is 4.63. The smallest absolute Gasteiger partial charge is 0.262 e. The summed E-state index contributed by atoms with van der Waals surface area (Å²) in [6, 6.07) is 11.7. The number of ether oxygens (including phenoxy) is 1. The van der Waals surface area contributed by atoms with Gasteiger partial charge in [0.15, 0.2) is 6.61 Å². The molecule has 21 heavy (non-hydrogen) atoms. The normalized spacial score (nSPS) is 10.2. The van der Waals surface area contributed by atoms with Crippen molar-refractivity contribution in [1.29, 1.82) is 0 Å². The average molecular weight is 326 g/mol. The lowest BCUT2D eigenvalue weighted by molar-refractivity contribution is -0.118. The minimum atomic E-state index is -0.332. The van der Waals surface area contributed by atoms with Gasteiger partial charge in [-0.25, -0.2) is 0 Å². The summed E-state index contributed by atoms with van der Waals surface area (Å²) in [4.78, 5) is 11.8. The van der Waals surface area contributed by atoms with Crippen LogP contribution in [0.2, 0.25) is 10.0 Å². The first-order valence-corrected chi connectivity index (χ1v) is 6.91. The Balaban J connectivity index is 1.94. The van der Waals surface area contributed by atoms with Gasteiger partial charge in [0, 0.05) is 16.8 Å². The van der Waals surface area contributed by atoms with Crippen molar-refractivity contribution in [3.05, 3.63) is 58.1 Å². The van der Waals surface area contributed by atoms with E-state index in [4.69, 9.17) is 33.0 Å². The Kier molecular flexibility index (Phi) is 5.44. The molecule has 0 fully saturated rings. The zero-order valence-electron chi connectivity index (χ0n) is 11.0. The van der Waals surface area contributed by atoms with E-state index in [-0.39, 0.29) is 19.1 Å². The zero-order chi connectivity index (χ0) is 15.2. The van der Waals surface area contributed by atoms with E-state index in [1.165, 1.54) is 0 Å². The number of benzene rings is 2. The van der Waals surface area contributed by atoms with Gasteiger partial charge in [-0.05, 0) is 29.8 Å². The molecule has 0 aliphatic carbocycles. The van der Waals surface area contributed by atoms with Crippen molar-refractivity contribution in [3.63, 3.8) is 0 Å². The summed E-state index contributed by atoms with van der Waals surface area (Å²) in [7, 11) is 0. The van der Waals surface area contributed by atoms with Crippen molar-refractivity contribution < 1.29 is 14.6 Å². The summed E-state index contributed by atoms with van der Waals surface area (Å²) in [5, 5.41) is 12.6. The van der Waals surface area contributed by atoms with Crippen molar-refractivity contribution >= 4 is 34.8 Å². The number of rotatable bonds is 5. The van der Waals surface area contributed by atoms with E-state index in [9.17, 15) is 4.79 Å². The SMILES string of the molecule is O=C(COc1cc(Cl)ccc1Cl)Nc1cccc(CO)c1. The lowest BCUT2D eigenvalue weighted by Gasteiger charge is -2.09. The Morgan fingerprint density at radius 3 is 2.76 bits per heavy atom. The number of carbonyl (C=O) groups excluding carboxylic acids is 1. The molecule has 2 aromatic carbocycles. The Bertz CT molecular complexity index is 647. The molecule has 0 aromatic heterocycles. The molecule has 4 nitrogen and oxygen atoms in total. The molecule has 0 saturated carbocycles. The van der Waals surface area contributed by atoms with E-state index in [0.29, 0.717) is 27.0 Å². The maximum atomic E-state index is 11.8. The van der Waals surface area contributed by atoms with Gasteiger partial charge in [-0.15, -0.1) is 0 Å². The summed E-state index contributed by atoms with van der Waals surface area (Å²) in [6.45, 7) is -0.276. The van der Waals surface area contributed by atoms with Crippen LogP contribution >= 0.6 is 23.2 Å². The maximum Gasteiger partial charge on any atom is 0.262 e. The highest BCUT2D eigenvalue weighted by molar-refractivity contribution is 6.34. The Hall–Kier alpha value is -1.75. The number of aliphatic hydroxyl groups is 1. The van der Waals surface area contributed by atoms with E-state index >= 15 is 0 Å². The number of hydrogen-bond donors (Lipinski definition) is 2. The molecular weight excluding hydrogens is 313 g/mol. The van der Waals surface area contributed by atoms with E-state index in [1.54, 1.807) is 42.5 Å². The fourth-order valence-electron chi connectivity index (χ4n) is 1.68. The second-order valence-electron chi connectivity index (χ2n) is 4.27. The summed E-state index contributed by atoms with van der Waals surface area (Å²) < 4.78 is 5.33. The van der Waals surface area contributed by atoms with Gasteiger partial charge >= 0.3 is 0 Å². The van der Waals surface area contributed by atoms with E-state index < -0.39 is 0 Å². The highest BCUT2D eigenvalue weighted by atomic mass is 35.5. The molecule has 0 spiro atoms. The van der Waals surface area contributed by atoms with Gasteiger partial charge < -0.3 is 15.2 Å². The monoisotopic (exact) mass is 325 g/mol. The molecule has 1 amide bonds. The van der Waals surface area contributed by atoms with Crippen LogP contribution in [0.3, 0.4) is 0 Å². The second kappa shape index (κ2) is 7.31. The van der Waals surface area contributed by atoms with Crippen molar-refractivity contribution in [2.75, 3.05) is 11.9 Å². The van der Waals surface area contributed by atoms with Gasteiger partial charge in [0.2, 0.25) is 0 Å². The van der Waals surface area contributed by atoms with Crippen LogP contribution in [0.25, 0.3) is 0 Å². The van der Waals surface area contributed by atoms with Crippen LogP contribution in [0, 0.1) is 0 Å². The van der Waals surface area contributed by atoms with Crippen LogP contribution in [-0.4, -0.2) is 17.6 Å². The molecule has 0 heterocycles. The first-order chi connectivity index (χ1) is 10.1. The Labute approximate surface area is 132 Å². The molecule has 0 saturated heterocycles. The van der Waals surface area contributed by atoms with Crippen LogP contribution in [0.15, 0.2) is 42.5 Å². The van der Waals surface area contributed by atoms with Gasteiger partial charge in [-0.1, -0.05) is 35.3 Å². The van der Waals surface area contributed by atoms with Crippen molar-refractivity contribution in [3.8, 4) is 5.75 Å². The Morgan fingerprint density at radius 1 is 1.19 bits per heavy atom. The maximum absolute atomic E-state index is 11.8. The largest absolute Gasteiger partial charge is 0.482 e. The molecule has 0 aliphatic rings. The molecule has 0 unspecified atom stereocenters. The molecule has 2 rings (SSSR count). The number of amides is 1. The van der Waals surface area contributed by atoms with Crippen molar-refractivity contribution in [2.24, 2.45) is 0 Å². The summed E-state index contributed by atoms with van der Waals surface area (Å²) in [6.07, 6.45) is 0. The molecule has 0 atom stereocenters. The standard InChI is InChI=1S/C15H13Cl2NO3/c16-11-4-5-13(17)14(7-11)21-9-15(20)18-12-3-1-2-10(6-12)8-19/h1-7,19H,8-9H2,(H,18,20). The summed E-state index contributed by atoms with van der Waals surface area (Å²) in [5.74, 6) is 0.0181. The molecule has 0 bridgehead atoms. The topological polar surface area (TPSA) is 58.6 Å². The van der Waals surface area contributed by atoms with Crippen molar-refractivity contribution in [1.82, 2.24) is 0 Å². The molecule has 2 aromatic rings. The van der Waals surface area contributed by atoms with Crippen LogP contribution in [0.5, 0.6) is 5.75 Å². The molecule has 110 valence electrons. The zero-order valence-corrected chi connectivity index (χ0v) is 12.5. The summed E-state index contributed by atoms with van der Waals surface area (Å²) in [5.41, 5.74) is 1.30. The van der Waals surface area contributed by atoms with Gasteiger partial charge in [-0.3, -0.25) is 4.79 Å². The quantitative estimate of drug-likeness (QED) is 0.884. The van der Waals surface area contributed by atoms with Gasteiger partial charge in [0.1, 0.15) is 5.75 Å². The number of carbonyl (C=O) groups is 1. The fourth-order valence-corrected chi connectivity index (χ4v) is 2.01. The molecular formula is C15H13Cl2NO3. The molecule has 0 aliphatic heterocycles. The average Bonchev–Trinajstić information content (AvgIpc) is 2.48. The highest BCUT2D eigenvalue weighted by Gasteiger charge is 2.07. The first kappa shape index (κ1) is 15.6. The van der Waals surface area contributed by atoms with E-state index in [2.05, 4.69) is 5.32 Å². The minimum absolute atomic E-state index is 0.0850. The van der Waals surface area contributed by atoms with Crippen LogP contribution in [0.4, 0.5) is 5.69 Å². The third-order valence-electron chi connectivity index (χ3n) is 2.65. The first-order valence-electron chi connectivity index (χ1n) is 6.16. The third-order valence-corrected chi connectivity index (χ3v) is 3.19. The van der Waals surface area contributed by atoms with Gasteiger partial charge in [0.05, 0.1) is 11.6 Å². The number of hydrogen-bond acceptors (Lipinski definition) is 3. The summed E-state index contributed by atoms with van der Waals surface area (Å²) >= 11 is 11.8. The fraction of sp³-hybridized carbons (Fsp3) is 0.133. The number of aliphatic hydroxyl groups excluding tert-OH is 1. The van der Waals surface area contributed by atoms with Crippen LogP contribution < -0.4 is 10.1 Å². The molecule has 2 N–H and O–H groups in total. The predicted molar refractivity (Wildman–Crippen MR) is 83.0 cm³/mol. The number of anilines is 1. The van der Waals surface area contributed by atoms with Crippen molar-refractivity contribution in [2.45, 2.75) is 6.61 Å². The Morgan fingerprint density at radius 2 is 2.00 bits per heavy atom. The highest BCUT2D eigenvalue weighted by Crippen LogP contribution is 2.27. The molecule has 6 heteroatoms. The lowest BCUT2D eigenvalue weighted by Crippen LogP contribution is -2.20. The molecule has 0 radical (unpaired) electrons. The van der Waals surface area contributed by atoms with Gasteiger partial charge in [-0.2, -0.15) is 0 Å². The van der Waals surface area contributed by atoms with Gasteiger partial charge in [0.25, 0.3) is 5.91 Å². The lowest BCUT2D eigenvalue weighted by atomic mass is 10.2. The van der Waals surface area contributed by atoms with E-state index in [0.717, 1.165) is 0 Å². The van der Waals surface area contributed by atoms with E-state index in [1.807, 2.05) is 0 Å². The number of halogens is 2. The second-order valence-corrected chi connectivity index (χ2v) is 5.11. The predicted octanol–water partition coefficient (Wildman–Crippen LogP) is 3.50. The van der Waals surface area contributed by atoms with Crippen LogP contribution in [0.1, 0.15) is 5.56 Å².